The Kier molecular flexibility index (Phi) is 2.27. The molecule has 1 aromatic rings. The monoisotopic (exact) mass is 131 g/mol. The predicted molar refractivity (Wildman–Crippen MR) is 44.4 cm³/mol. The summed E-state index contributed by atoms with van der Waals surface area (Å²) in [4.78, 5) is 0. The highest BCUT2D eigenvalue weighted by Crippen LogP contribution is 2.10. The molecule has 1 aromatic carbocycles. The van der Waals surface area contributed by atoms with Crippen LogP contribution < -0.4 is 0 Å². The molecule has 0 heterocycles. The summed E-state index contributed by atoms with van der Waals surface area (Å²) in [5, 5.41) is 0. The maximum atomic E-state index is 3.10. The lowest BCUT2D eigenvalue weighted by molar-refractivity contribution is 1.51. The Bertz CT molecular complexity index is 219. The molecule has 0 aliphatic rings. The Hall–Kier alpha value is -1.04. The van der Waals surface area contributed by atoms with Gasteiger partial charge in [-0.05, 0) is 31.1 Å². The van der Waals surface area contributed by atoms with E-state index >= 15 is 0 Å². The van der Waals surface area contributed by atoms with Crippen molar-refractivity contribution >= 4 is 5.57 Å². The van der Waals surface area contributed by atoms with Gasteiger partial charge < -0.3 is 0 Å². The van der Waals surface area contributed by atoms with Gasteiger partial charge in [-0.1, -0.05) is 30.3 Å². The molecule has 0 N–H and O–H groups in total. The summed E-state index contributed by atoms with van der Waals surface area (Å²) in [5.74, 6) is 0. The van der Waals surface area contributed by atoms with Crippen LogP contribution in [-0.4, -0.2) is 0 Å². The molecule has 0 bridgehead atoms. The minimum atomic E-state index is 1.21. The molecule has 51 valence electrons. The van der Waals surface area contributed by atoms with Gasteiger partial charge in [-0.2, -0.15) is 0 Å². The van der Waals surface area contributed by atoms with Gasteiger partial charge in [0.05, 0.1) is 0 Å². The van der Waals surface area contributed by atoms with Crippen LogP contribution in [0.15, 0.2) is 30.3 Å². The zero-order chi connectivity index (χ0) is 7.40. The zero-order valence-electron chi connectivity index (χ0n) is 6.39. The van der Waals surface area contributed by atoms with Crippen molar-refractivity contribution in [2.24, 2.45) is 0 Å². The fourth-order valence-electron chi connectivity index (χ4n) is 0.832. The molecule has 0 amide bonds. The summed E-state index contributed by atoms with van der Waals surface area (Å²) in [6.45, 7) is 4.00. The molecule has 10 heavy (non-hydrogen) atoms. The summed E-state index contributed by atoms with van der Waals surface area (Å²) >= 11 is 0. The molecule has 0 heteroatoms. The largest absolute Gasteiger partial charge is 0.0622 e. The van der Waals surface area contributed by atoms with Crippen molar-refractivity contribution in [1.82, 2.24) is 0 Å². The molecule has 0 saturated carbocycles. The van der Waals surface area contributed by atoms with Crippen molar-refractivity contribution in [3.05, 3.63) is 42.0 Å². The Morgan fingerprint density at radius 3 is 2.30 bits per heavy atom. The average molecular weight is 131 g/mol. The number of hydrogen-bond acceptors (Lipinski definition) is 0. The first-order valence-corrected chi connectivity index (χ1v) is 3.41. The molecule has 1 rings (SSSR count). The SMILES string of the molecule is C/[C]=C(/C)c1ccccc1. The normalized spacial score (nSPS) is 11.6. The van der Waals surface area contributed by atoms with Crippen LogP contribution in [0.5, 0.6) is 0 Å². The van der Waals surface area contributed by atoms with E-state index in [1.165, 1.54) is 11.1 Å². The number of benzene rings is 1. The molecule has 0 aliphatic heterocycles. The highest BCUT2D eigenvalue weighted by Gasteiger charge is 1.89. The van der Waals surface area contributed by atoms with Crippen LogP contribution in [0.4, 0.5) is 0 Å². The number of allylic oxidation sites excluding steroid dienone is 2. The van der Waals surface area contributed by atoms with Crippen LogP contribution in [0.25, 0.3) is 5.57 Å². The van der Waals surface area contributed by atoms with Crippen LogP contribution in [0.1, 0.15) is 19.4 Å². The van der Waals surface area contributed by atoms with Crippen LogP contribution in [0.2, 0.25) is 0 Å². The third kappa shape index (κ3) is 1.47. The summed E-state index contributed by atoms with van der Waals surface area (Å²) in [7, 11) is 0. The summed E-state index contributed by atoms with van der Waals surface area (Å²) in [6, 6.07) is 10.3. The van der Waals surface area contributed by atoms with Gasteiger partial charge in [-0.3, -0.25) is 0 Å². The average Bonchev–Trinajstić information content (AvgIpc) is 2.05. The zero-order valence-corrected chi connectivity index (χ0v) is 6.39. The van der Waals surface area contributed by atoms with E-state index in [9.17, 15) is 0 Å². The van der Waals surface area contributed by atoms with E-state index in [1.807, 2.05) is 25.1 Å². The Balaban J connectivity index is 2.96. The molecule has 0 nitrogen and oxygen atoms in total. The quantitative estimate of drug-likeness (QED) is 0.549. The molecule has 0 aromatic heterocycles. The molecule has 0 aliphatic carbocycles. The highest BCUT2D eigenvalue weighted by molar-refractivity contribution is 5.61. The van der Waals surface area contributed by atoms with Crippen LogP contribution >= 0.6 is 0 Å². The summed E-state index contributed by atoms with van der Waals surface area (Å²) in [6.07, 6.45) is 3.10. The topological polar surface area (TPSA) is 0 Å². The second-order valence-corrected chi connectivity index (χ2v) is 2.24. The minimum absolute atomic E-state index is 1.21. The van der Waals surface area contributed by atoms with E-state index in [1.54, 1.807) is 0 Å². The van der Waals surface area contributed by atoms with E-state index in [0.717, 1.165) is 0 Å². The van der Waals surface area contributed by atoms with Crippen molar-refractivity contribution in [1.29, 1.82) is 0 Å². The second-order valence-electron chi connectivity index (χ2n) is 2.24. The Morgan fingerprint density at radius 2 is 1.80 bits per heavy atom. The Labute approximate surface area is 62.2 Å². The molecule has 0 unspecified atom stereocenters. The van der Waals surface area contributed by atoms with Gasteiger partial charge in [-0.25, -0.2) is 0 Å². The molecule has 0 spiro atoms. The van der Waals surface area contributed by atoms with Gasteiger partial charge in [0.25, 0.3) is 0 Å². The number of hydrogen-bond donors (Lipinski definition) is 0. The third-order valence-electron chi connectivity index (χ3n) is 1.58. The Morgan fingerprint density at radius 1 is 1.20 bits per heavy atom. The summed E-state index contributed by atoms with van der Waals surface area (Å²) < 4.78 is 0. The van der Waals surface area contributed by atoms with Gasteiger partial charge >= 0.3 is 0 Å². The van der Waals surface area contributed by atoms with Gasteiger partial charge in [0.1, 0.15) is 0 Å². The van der Waals surface area contributed by atoms with E-state index in [4.69, 9.17) is 0 Å². The van der Waals surface area contributed by atoms with Crippen LogP contribution in [-0.2, 0) is 0 Å². The van der Waals surface area contributed by atoms with Crippen molar-refractivity contribution in [2.75, 3.05) is 0 Å². The maximum absolute atomic E-state index is 3.10. The molecule has 0 atom stereocenters. The van der Waals surface area contributed by atoms with Crippen LogP contribution in [0.3, 0.4) is 0 Å². The van der Waals surface area contributed by atoms with Crippen LogP contribution in [0, 0.1) is 6.08 Å². The summed E-state index contributed by atoms with van der Waals surface area (Å²) in [5.41, 5.74) is 2.46. The molecule has 0 saturated heterocycles. The van der Waals surface area contributed by atoms with Crippen molar-refractivity contribution in [2.45, 2.75) is 13.8 Å². The first-order chi connectivity index (χ1) is 4.84. The van der Waals surface area contributed by atoms with E-state index in [2.05, 4.69) is 25.1 Å². The van der Waals surface area contributed by atoms with Crippen molar-refractivity contribution < 1.29 is 0 Å². The highest BCUT2D eigenvalue weighted by atomic mass is 13.9. The first kappa shape index (κ1) is 7.07. The smallest absolute Gasteiger partial charge is 0.0225 e. The first-order valence-electron chi connectivity index (χ1n) is 3.41. The van der Waals surface area contributed by atoms with Crippen molar-refractivity contribution in [3.63, 3.8) is 0 Å². The lowest BCUT2D eigenvalue weighted by atomic mass is 10.1. The maximum Gasteiger partial charge on any atom is -0.0225 e. The van der Waals surface area contributed by atoms with E-state index < -0.39 is 0 Å². The van der Waals surface area contributed by atoms with Gasteiger partial charge in [0.2, 0.25) is 0 Å². The predicted octanol–water partition coefficient (Wildman–Crippen LogP) is 2.91. The standard InChI is InChI=1S/C10H11/c1-3-9(2)10-7-5-4-6-8-10/h4-8H,1-2H3. The fourth-order valence-corrected chi connectivity index (χ4v) is 0.832. The van der Waals surface area contributed by atoms with Gasteiger partial charge in [-0.15, -0.1) is 0 Å². The third-order valence-corrected chi connectivity index (χ3v) is 1.58. The van der Waals surface area contributed by atoms with Gasteiger partial charge in [0, 0.05) is 0 Å². The van der Waals surface area contributed by atoms with E-state index in [0.29, 0.717) is 0 Å². The molecular formula is C10H11. The molecule has 1 radical (unpaired) electrons. The van der Waals surface area contributed by atoms with E-state index in [-0.39, 0.29) is 0 Å². The lowest BCUT2D eigenvalue weighted by Crippen LogP contribution is -1.75. The van der Waals surface area contributed by atoms with Crippen molar-refractivity contribution in [3.8, 4) is 0 Å². The molecular weight excluding hydrogens is 120 g/mol. The fraction of sp³-hybridized carbons (Fsp3) is 0.200. The number of rotatable bonds is 1. The second kappa shape index (κ2) is 3.21. The van der Waals surface area contributed by atoms with Gasteiger partial charge in [0.15, 0.2) is 0 Å². The minimum Gasteiger partial charge on any atom is -0.0622 e. The molecule has 0 fully saturated rings. The lowest BCUT2D eigenvalue weighted by Gasteiger charge is -1.96.